The van der Waals surface area contributed by atoms with E-state index in [0.717, 1.165) is 30.6 Å². The third kappa shape index (κ3) is 4.42. The molecule has 0 amide bonds. The van der Waals surface area contributed by atoms with Crippen LogP contribution in [0, 0.1) is 46.3 Å². The minimum absolute atomic E-state index is 0. The van der Waals surface area contributed by atoms with E-state index in [1.54, 1.807) is 0 Å². The first-order valence-corrected chi connectivity index (χ1v) is 13.7. The third-order valence-corrected chi connectivity index (χ3v) is 11.7. The van der Waals surface area contributed by atoms with Crippen LogP contribution in [0.2, 0.25) is 0 Å². The molecule has 9 atom stereocenters. The van der Waals surface area contributed by atoms with Gasteiger partial charge in [-0.3, -0.25) is 4.55 Å². The molecule has 0 radical (unpaired) electrons. The van der Waals surface area contributed by atoms with Crippen LogP contribution in [0.15, 0.2) is 0 Å². The average molecular weight is 463 g/mol. The molecule has 31 heavy (non-hydrogen) atoms. The first-order chi connectivity index (χ1) is 14.0. The van der Waals surface area contributed by atoms with Crippen molar-refractivity contribution in [1.29, 1.82) is 0 Å². The molecule has 0 saturated heterocycles. The van der Waals surface area contributed by atoms with Crippen molar-refractivity contribution in [2.75, 3.05) is 0 Å². The van der Waals surface area contributed by atoms with Crippen molar-refractivity contribution in [1.82, 2.24) is 0 Å². The predicted molar refractivity (Wildman–Crippen MR) is 114 cm³/mol. The molecule has 172 valence electrons. The van der Waals surface area contributed by atoms with Gasteiger partial charge in [0.2, 0.25) is 0 Å². The Hall–Kier alpha value is 0.380. The molecule has 0 aromatic carbocycles. The molecule has 0 bridgehead atoms. The number of rotatable bonds is 5. The van der Waals surface area contributed by atoms with Crippen LogP contribution in [0.25, 0.3) is 0 Å². The molecule has 7 heteroatoms. The SMILES string of the molecule is C[C@H](CC(C(=O)[O-])S(=O)(=O)O)[C@H]1CC[C@H]2[C@@H]3CCC4CCCC[C@]4(C)[C@H]3CC[C@]12C.[Na+]. The molecule has 4 rings (SSSR count). The number of carboxylic acid groups (broad SMARTS) is 1. The zero-order chi connectivity index (χ0) is 21.9. The molecule has 4 saturated carbocycles. The van der Waals surface area contributed by atoms with Crippen molar-refractivity contribution in [3.8, 4) is 0 Å². The normalized spacial score (nSPS) is 44.2. The molecule has 0 aromatic rings. The summed E-state index contributed by atoms with van der Waals surface area (Å²) in [6.45, 7) is 6.94. The number of carbonyl (C=O) groups excluding carboxylic acids is 1. The van der Waals surface area contributed by atoms with E-state index in [1.807, 2.05) is 6.92 Å². The molecule has 2 unspecified atom stereocenters. The summed E-state index contributed by atoms with van der Waals surface area (Å²) in [6, 6.07) is 0. The van der Waals surface area contributed by atoms with Crippen molar-refractivity contribution in [2.24, 2.45) is 46.3 Å². The zero-order valence-electron chi connectivity index (χ0n) is 19.8. The zero-order valence-corrected chi connectivity index (χ0v) is 22.6. The van der Waals surface area contributed by atoms with Gasteiger partial charge in [-0.25, -0.2) is 0 Å². The summed E-state index contributed by atoms with van der Waals surface area (Å²) >= 11 is 0. The van der Waals surface area contributed by atoms with Gasteiger partial charge < -0.3 is 9.90 Å². The molecule has 0 aliphatic heterocycles. The van der Waals surface area contributed by atoms with Crippen molar-refractivity contribution in [3.63, 3.8) is 0 Å². The minimum atomic E-state index is -4.64. The number of hydrogen-bond acceptors (Lipinski definition) is 4. The maximum absolute atomic E-state index is 11.6. The van der Waals surface area contributed by atoms with Crippen LogP contribution in [-0.2, 0) is 14.9 Å². The van der Waals surface area contributed by atoms with Crippen LogP contribution in [0.1, 0.15) is 91.4 Å². The molecule has 0 aromatic heterocycles. The Bertz CT molecular complexity index is 785. The van der Waals surface area contributed by atoms with Gasteiger partial charge in [-0.1, -0.05) is 33.6 Å². The number of carbonyl (C=O) groups is 1. The smallest absolute Gasteiger partial charge is 0.549 e. The minimum Gasteiger partial charge on any atom is -0.549 e. The summed E-state index contributed by atoms with van der Waals surface area (Å²) in [5, 5.41) is 9.55. The average Bonchev–Trinajstić information content (AvgIpc) is 3.01. The summed E-state index contributed by atoms with van der Waals surface area (Å²) in [7, 11) is -4.64. The molecule has 0 heterocycles. The van der Waals surface area contributed by atoms with Crippen LogP contribution in [-0.4, -0.2) is 24.2 Å². The first-order valence-electron chi connectivity index (χ1n) is 12.2. The monoisotopic (exact) mass is 462 g/mol. The Balaban J connectivity index is 0.00000272. The van der Waals surface area contributed by atoms with Gasteiger partial charge in [-0.15, -0.1) is 0 Å². The second-order valence-electron chi connectivity index (χ2n) is 11.7. The number of fused-ring (bicyclic) bond motifs is 5. The molecule has 5 nitrogen and oxygen atoms in total. The van der Waals surface area contributed by atoms with Gasteiger partial charge in [0.25, 0.3) is 10.1 Å². The third-order valence-electron chi connectivity index (χ3n) is 10.6. The van der Waals surface area contributed by atoms with E-state index < -0.39 is 21.3 Å². The number of carboxylic acids is 1. The fourth-order valence-electron chi connectivity index (χ4n) is 9.11. The van der Waals surface area contributed by atoms with Gasteiger partial charge in [0.15, 0.2) is 0 Å². The Morgan fingerprint density at radius 1 is 1.00 bits per heavy atom. The van der Waals surface area contributed by atoms with Gasteiger partial charge in [0.05, 0.1) is 5.97 Å². The Morgan fingerprint density at radius 2 is 1.68 bits per heavy atom. The Morgan fingerprint density at radius 3 is 2.32 bits per heavy atom. The quantitative estimate of drug-likeness (QED) is 0.487. The van der Waals surface area contributed by atoms with Gasteiger partial charge in [-0.05, 0) is 104 Å². The van der Waals surface area contributed by atoms with E-state index >= 15 is 0 Å². The molecule has 0 spiro atoms. The largest absolute Gasteiger partial charge is 1.00 e. The summed E-state index contributed by atoms with van der Waals surface area (Å²) < 4.78 is 32.5. The van der Waals surface area contributed by atoms with Crippen LogP contribution in [0.3, 0.4) is 0 Å². The fraction of sp³-hybridized carbons (Fsp3) is 0.958. The van der Waals surface area contributed by atoms with Gasteiger partial charge in [0, 0.05) is 0 Å². The van der Waals surface area contributed by atoms with E-state index in [-0.39, 0.29) is 47.3 Å². The number of hydrogen-bond donors (Lipinski definition) is 1. The van der Waals surface area contributed by atoms with E-state index in [2.05, 4.69) is 13.8 Å². The maximum Gasteiger partial charge on any atom is 1.00 e. The van der Waals surface area contributed by atoms with Crippen LogP contribution in [0.5, 0.6) is 0 Å². The number of aliphatic carboxylic acids is 1. The van der Waals surface area contributed by atoms with Gasteiger partial charge in [0.1, 0.15) is 5.25 Å². The fourth-order valence-corrected chi connectivity index (χ4v) is 9.90. The second-order valence-corrected chi connectivity index (χ2v) is 13.3. The molecular formula is C24H39NaO5S. The van der Waals surface area contributed by atoms with E-state index in [0.29, 0.717) is 17.3 Å². The van der Waals surface area contributed by atoms with Crippen LogP contribution < -0.4 is 34.7 Å². The molecular weight excluding hydrogens is 423 g/mol. The molecule has 4 aliphatic rings. The van der Waals surface area contributed by atoms with Crippen molar-refractivity contribution in [2.45, 2.75) is 96.7 Å². The maximum atomic E-state index is 11.6. The summed E-state index contributed by atoms with van der Waals surface area (Å²) in [5.74, 6) is 1.70. The molecule has 4 fully saturated rings. The van der Waals surface area contributed by atoms with Crippen molar-refractivity contribution < 1.29 is 52.4 Å². The topological polar surface area (TPSA) is 94.5 Å². The van der Waals surface area contributed by atoms with Crippen molar-refractivity contribution in [3.05, 3.63) is 0 Å². The Kier molecular flexibility index (Phi) is 7.72. The standard InChI is InChI=1S/C24H40O5S.Na/c1-15(14-21(22(25)26)30(27,28)29)18-9-10-19-17-8-7-16-6-4-5-12-23(16,2)20(17)11-13-24(18,19)3;/h15-21H,4-14H2,1-3H3,(H,25,26)(H,27,28,29);/q;+1/p-1/t15-,16?,17+,18-,19+,20+,21?,23+,24-;/m1./s1. The summed E-state index contributed by atoms with van der Waals surface area (Å²) in [5.41, 5.74) is 0.644. The van der Waals surface area contributed by atoms with E-state index in [1.165, 1.54) is 51.4 Å². The Labute approximate surface area is 210 Å². The molecule has 1 N–H and O–H groups in total. The van der Waals surface area contributed by atoms with Gasteiger partial charge >= 0.3 is 29.6 Å². The summed E-state index contributed by atoms with van der Waals surface area (Å²) in [4.78, 5) is 11.4. The predicted octanol–water partition coefficient (Wildman–Crippen LogP) is 1.07. The van der Waals surface area contributed by atoms with E-state index in [9.17, 15) is 22.9 Å². The summed E-state index contributed by atoms with van der Waals surface area (Å²) in [6.07, 6.45) is 12.8. The van der Waals surface area contributed by atoms with Gasteiger partial charge in [-0.2, -0.15) is 8.42 Å². The second kappa shape index (κ2) is 9.20. The van der Waals surface area contributed by atoms with Crippen molar-refractivity contribution >= 4 is 16.1 Å². The van der Waals surface area contributed by atoms with Crippen LogP contribution >= 0.6 is 0 Å². The van der Waals surface area contributed by atoms with Crippen LogP contribution in [0.4, 0.5) is 0 Å². The van der Waals surface area contributed by atoms with E-state index in [4.69, 9.17) is 0 Å². The molecule has 4 aliphatic carbocycles. The first kappa shape index (κ1) is 26.0.